The van der Waals surface area contributed by atoms with E-state index >= 15 is 0 Å². The number of Topliss-reactive ketones (excluding diaryl/α,β-unsaturated/α-hetero) is 1. The molecule has 0 aromatic heterocycles. The third-order valence-corrected chi connectivity index (χ3v) is 3.49. The molecule has 1 heterocycles. The number of hydrogen-bond acceptors (Lipinski definition) is 2. The summed E-state index contributed by atoms with van der Waals surface area (Å²) < 4.78 is 5.56. The standard InChI is InChI=1S/C16H22O2/c1-13-5-2-6-14(11-13)12-15(17)7-3-8-16-9-4-10-18-16/h2,5-6,11,16H,3-4,7-10,12H2,1H3. The van der Waals surface area contributed by atoms with Gasteiger partial charge in [0.25, 0.3) is 0 Å². The van der Waals surface area contributed by atoms with Gasteiger partial charge in [-0.05, 0) is 38.2 Å². The number of rotatable bonds is 6. The van der Waals surface area contributed by atoms with Gasteiger partial charge in [-0.1, -0.05) is 29.8 Å². The zero-order valence-corrected chi connectivity index (χ0v) is 11.2. The van der Waals surface area contributed by atoms with Gasteiger partial charge in [-0.15, -0.1) is 0 Å². The molecule has 0 radical (unpaired) electrons. The quantitative estimate of drug-likeness (QED) is 0.768. The van der Waals surface area contributed by atoms with E-state index in [0.29, 0.717) is 24.7 Å². The molecule has 1 aromatic rings. The highest BCUT2D eigenvalue weighted by atomic mass is 16.5. The highest BCUT2D eigenvalue weighted by molar-refractivity contribution is 5.80. The lowest BCUT2D eigenvalue weighted by atomic mass is 10.0. The fourth-order valence-electron chi connectivity index (χ4n) is 2.54. The van der Waals surface area contributed by atoms with Crippen LogP contribution in [0.5, 0.6) is 0 Å². The smallest absolute Gasteiger partial charge is 0.137 e. The second-order valence-corrected chi connectivity index (χ2v) is 5.23. The zero-order chi connectivity index (χ0) is 12.8. The number of carbonyl (C=O) groups excluding carboxylic acids is 1. The van der Waals surface area contributed by atoms with Crippen molar-refractivity contribution < 1.29 is 9.53 Å². The van der Waals surface area contributed by atoms with E-state index < -0.39 is 0 Å². The van der Waals surface area contributed by atoms with E-state index in [-0.39, 0.29) is 0 Å². The molecule has 0 saturated carbocycles. The van der Waals surface area contributed by atoms with E-state index in [9.17, 15) is 4.79 Å². The molecular weight excluding hydrogens is 224 g/mol. The van der Waals surface area contributed by atoms with Gasteiger partial charge in [0.2, 0.25) is 0 Å². The van der Waals surface area contributed by atoms with Gasteiger partial charge in [-0.3, -0.25) is 4.79 Å². The normalized spacial score (nSPS) is 19.1. The van der Waals surface area contributed by atoms with Crippen LogP contribution in [0.4, 0.5) is 0 Å². The summed E-state index contributed by atoms with van der Waals surface area (Å²) >= 11 is 0. The second kappa shape index (κ2) is 6.69. The molecule has 1 aliphatic rings. The van der Waals surface area contributed by atoms with Crippen molar-refractivity contribution in [3.63, 3.8) is 0 Å². The summed E-state index contributed by atoms with van der Waals surface area (Å²) in [5.41, 5.74) is 2.36. The molecule has 1 aliphatic heterocycles. The van der Waals surface area contributed by atoms with Crippen molar-refractivity contribution in [3.8, 4) is 0 Å². The van der Waals surface area contributed by atoms with Gasteiger partial charge in [0, 0.05) is 19.4 Å². The van der Waals surface area contributed by atoms with Crippen LogP contribution in [-0.2, 0) is 16.0 Å². The first-order chi connectivity index (χ1) is 8.74. The fraction of sp³-hybridized carbons (Fsp3) is 0.562. The van der Waals surface area contributed by atoms with Crippen molar-refractivity contribution >= 4 is 5.78 Å². The molecule has 0 aliphatic carbocycles. The minimum atomic E-state index is 0.346. The summed E-state index contributed by atoms with van der Waals surface area (Å²) in [6.07, 6.45) is 6.04. The van der Waals surface area contributed by atoms with Gasteiger partial charge >= 0.3 is 0 Å². The SMILES string of the molecule is Cc1cccc(CC(=O)CCCC2CCCO2)c1. The van der Waals surface area contributed by atoms with E-state index in [1.807, 2.05) is 12.1 Å². The molecule has 0 N–H and O–H groups in total. The van der Waals surface area contributed by atoms with Crippen molar-refractivity contribution in [1.29, 1.82) is 0 Å². The van der Waals surface area contributed by atoms with Crippen LogP contribution in [0.3, 0.4) is 0 Å². The van der Waals surface area contributed by atoms with Crippen molar-refractivity contribution in [3.05, 3.63) is 35.4 Å². The molecule has 0 amide bonds. The van der Waals surface area contributed by atoms with Gasteiger partial charge in [0.1, 0.15) is 5.78 Å². The van der Waals surface area contributed by atoms with E-state index in [2.05, 4.69) is 19.1 Å². The van der Waals surface area contributed by atoms with E-state index in [4.69, 9.17) is 4.74 Å². The average Bonchev–Trinajstić information content (AvgIpc) is 2.82. The Morgan fingerprint density at radius 3 is 3.06 bits per heavy atom. The van der Waals surface area contributed by atoms with E-state index in [0.717, 1.165) is 25.0 Å². The molecule has 1 unspecified atom stereocenters. The average molecular weight is 246 g/mol. The maximum Gasteiger partial charge on any atom is 0.137 e. The number of benzene rings is 1. The number of carbonyl (C=O) groups is 1. The Kier molecular flexibility index (Phi) is 4.94. The van der Waals surface area contributed by atoms with E-state index in [1.165, 1.54) is 18.4 Å². The number of aryl methyl sites for hydroxylation is 1. The Morgan fingerprint density at radius 1 is 1.44 bits per heavy atom. The first-order valence-electron chi connectivity index (χ1n) is 6.93. The largest absolute Gasteiger partial charge is 0.378 e. The van der Waals surface area contributed by atoms with E-state index in [1.54, 1.807) is 0 Å². The Balaban J connectivity index is 1.68. The Hall–Kier alpha value is -1.15. The molecule has 98 valence electrons. The highest BCUT2D eigenvalue weighted by Gasteiger charge is 2.15. The summed E-state index contributed by atoms with van der Waals surface area (Å²) in [5.74, 6) is 0.346. The predicted molar refractivity (Wildman–Crippen MR) is 72.7 cm³/mol. The Bertz CT molecular complexity index is 392. The molecule has 18 heavy (non-hydrogen) atoms. The summed E-state index contributed by atoms with van der Waals surface area (Å²) in [4.78, 5) is 11.9. The van der Waals surface area contributed by atoms with Crippen LogP contribution in [0.25, 0.3) is 0 Å². The minimum Gasteiger partial charge on any atom is -0.378 e. The fourth-order valence-corrected chi connectivity index (χ4v) is 2.54. The molecule has 0 spiro atoms. The molecule has 2 heteroatoms. The van der Waals surface area contributed by atoms with Gasteiger partial charge in [0.15, 0.2) is 0 Å². The third-order valence-electron chi connectivity index (χ3n) is 3.49. The molecule has 2 rings (SSSR count). The van der Waals surface area contributed by atoms with Crippen LogP contribution in [-0.4, -0.2) is 18.5 Å². The minimum absolute atomic E-state index is 0.346. The first kappa shape index (κ1) is 13.3. The lowest BCUT2D eigenvalue weighted by Gasteiger charge is -2.08. The van der Waals surface area contributed by atoms with Crippen LogP contribution in [0.1, 0.15) is 43.2 Å². The Labute approximate surface area is 109 Å². The van der Waals surface area contributed by atoms with Crippen molar-refractivity contribution in [1.82, 2.24) is 0 Å². The van der Waals surface area contributed by atoms with Gasteiger partial charge in [-0.25, -0.2) is 0 Å². The van der Waals surface area contributed by atoms with Crippen LogP contribution in [0.15, 0.2) is 24.3 Å². The van der Waals surface area contributed by atoms with Gasteiger partial charge in [0.05, 0.1) is 6.10 Å². The van der Waals surface area contributed by atoms with Crippen molar-refractivity contribution in [2.45, 2.75) is 51.6 Å². The lowest BCUT2D eigenvalue weighted by molar-refractivity contribution is -0.118. The summed E-state index contributed by atoms with van der Waals surface area (Å²) in [6, 6.07) is 8.21. The van der Waals surface area contributed by atoms with Gasteiger partial charge in [-0.2, -0.15) is 0 Å². The van der Waals surface area contributed by atoms with Gasteiger partial charge < -0.3 is 4.74 Å². The number of ether oxygens (including phenoxy) is 1. The number of ketones is 1. The number of hydrogen-bond donors (Lipinski definition) is 0. The van der Waals surface area contributed by atoms with Crippen LogP contribution >= 0.6 is 0 Å². The third kappa shape index (κ3) is 4.26. The molecule has 1 aromatic carbocycles. The van der Waals surface area contributed by atoms with Crippen LogP contribution in [0.2, 0.25) is 0 Å². The summed E-state index contributed by atoms with van der Waals surface area (Å²) in [6.45, 7) is 2.97. The molecule has 1 saturated heterocycles. The monoisotopic (exact) mass is 246 g/mol. The van der Waals surface area contributed by atoms with Crippen molar-refractivity contribution in [2.24, 2.45) is 0 Å². The molecule has 0 bridgehead atoms. The maximum absolute atomic E-state index is 11.9. The van der Waals surface area contributed by atoms with Crippen molar-refractivity contribution in [2.75, 3.05) is 6.61 Å². The zero-order valence-electron chi connectivity index (χ0n) is 11.2. The maximum atomic E-state index is 11.9. The topological polar surface area (TPSA) is 26.3 Å². The summed E-state index contributed by atoms with van der Waals surface area (Å²) in [5, 5.41) is 0. The first-order valence-corrected chi connectivity index (χ1v) is 6.93. The second-order valence-electron chi connectivity index (χ2n) is 5.23. The molecule has 1 atom stereocenters. The molecule has 1 fully saturated rings. The highest BCUT2D eigenvalue weighted by Crippen LogP contribution is 2.18. The van der Waals surface area contributed by atoms with Crippen LogP contribution < -0.4 is 0 Å². The molecular formula is C16H22O2. The lowest BCUT2D eigenvalue weighted by Crippen LogP contribution is -2.07. The predicted octanol–water partition coefficient (Wildman–Crippen LogP) is 3.46. The summed E-state index contributed by atoms with van der Waals surface area (Å²) in [7, 11) is 0. The molecule has 2 nitrogen and oxygen atoms in total. The van der Waals surface area contributed by atoms with Crippen LogP contribution in [0, 0.1) is 6.92 Å². The Morgan fingerprint density at radius 2 is 2.33 bits per heavy atom.